The summed E-state index contributed by atoms with van der Waals surface area (Å²) in [7, 11) is 2.26. The summed E-state index contributed by atoms with van der Waals surface area (Å²) in [5.74, 6) is 0.838. The van der Waals surface area contributed by atoms with E-state index in [9.17, 15) is 4.79 Å². The van der Waals surface area contributed by atoms with Gasteiger partial charge in [0, 0.05) is 38.4 Å². The SMILES string of the molecule is CN1CC(c2ccccc2)CC2(CCN(C(=O)c3cccn3C3CC3)CC2)C1. The van der Waals surface area contributed by atoms with Gasteiger partial charge in [-0.3, -0.25) is 4.79 Å². The number of likely N-dealkylation sites (tertiary alicyclic amines) is 2. The maximum Gasteiger partial charge on any atom is 0.270 e. The lowest BCUT2D eigenvalue weighted by Crippen LogP contribution is -2.51. The number of nitrogens with zero attached hydrogens (tertiary/aromatic N) is 3. The molecule has 1 amide bonds. The van der Waals surface area contributed by atoms with Gasteiger partial charge in [-0.15, -0.1) is 0 Å². The molecule has 0 radical (unpaired) electrons. The topological polar surface area (TPSA) is 28.5 Å². The third kappa shape index (κ3) is 3.39. The van der Waals surface area contributed by atoms with Gasteiger partial charge in [0.1, 0.15) is 5.69 Å². The van der Waals surface area contributed by atoms with Crippen molar-refractivity contribution in [3.8, 4) is 0 Å². The molecule has 2 aromatic rings. The van der Waals surface area contributed by atoms with E-state index in [1.54, 1.807) is 0 Å². The number of carbonyl (C=O) groups is 1. The van der Waals surface area contributed by atoms with E-state index < -0.39 is 0 Å². The number of likely N-dealkylation sites (N-methyl/N-ethyl adjacent to an activating group) is 1. The number of hydrogen-bond donors (Lipinski definition) is 0. The van der Waals surface area contributed by atoms with E-state index >= 15 is 0 Å². The third-order valence-corrected chi connectivity index (χ3v) is 7.14. The van der Waals surface area contributed by atoms with Gasteiger partial charge in [-0.1, -0.05) is 30.3 Å². The van der Waals surface area contributed by atoms with Gasteiger partial charge < -0.3 is 14.4 Å². The van der Waals surface area contributed by atoms with Gasteiger partial charge in [0.15, 0.2) is 0 Å². The molecule has 4 heteroatoms. The molecule has 1 saturated carbocycles. The molecule has 1 aromatic heterocycles. The minimum atomic E-state index is 0.232. The first kappa shape index (κ1) is 18.0. The molecule has 148 valence electrons. The molecule has 2 aliphatic heterocycles. The molecule has 3 heterocycles. The van der Waals surface area contributed by atoms with Crippen LogP contribution < -0.4 is 0 Å². The summed E-state index contributed by atoms with van der Waals surface area (Å²) in [4.78, 5) is 17.7. The van der Waals surface area contributed by atoms with E-state index in [0.29, 0.717) is 17.4 Å². The lowest BCUT2D eigenvalue weighted by atomic mass is 9.68. The Hall–Kier alpha value is -2.07. The Morgan fingerprint density at radius 2 is 1.79 bits per heavy atom. The minimum absolute atomic E-state index is 0.232. The minimum Gasteiger partial charge on any atom is -0.340 e. The highest BCUT2D eigenvalue weighted by atomic mass is 16.2. The van der Waals surface area contributed by atoms with Gasteiger partial charge in [-0.25, -0.2) is 0 Å². The summed E-state index contributed by atoms with van der Waals surface area (Å²) >= 11 is 0. The normalized spacial score (nSPS) is 25.2. The Morgan fingerprint density at radius 1 is 1.04 bits per heavy atom. The van der Waals surface area contributed by atoms with E-state index in [4.69, 9.17) is 0 Å². The Balaban J connectivity index is 1.28. The molecule has 0 bridgehead atoms. The predicted octanol–water partition coefficient (Wildman–Crippen LogP) is 4.16. The van der Waals surface area contributed by atoms with E-state index in [2.05, 4.69) is 57.9 Å². The summed E-state index contributed by atoms with van der Waals surface area (Å²) in [6.07, 6.45) is 8.00. The highest BCUT2D eigenvalue weighted by Gasteiger charge is 2.42. The van der Waals surface area contributed by atoms with Crippen LogP contribution in [0.5, 0.6) is 0 Å². The van der Waals surface area contributed by atoms with Crippen LogP contribution in [-0.2, 0) is 0 Å². The standard InChI is InChI=1S/C24H31N3O/c1-25-17-20(19-6-3-2-4-7-19)16-24(18-25)11-14-26(15-12-24)23(28)22-8-5-13-27(22)21-9-10-21/h2-8,13,20-21H,9-12,14-18H2,1H3. The summed E-state index contributed by atoms with van der Waals surface area (Å²) in [6, 6.07) is 15.6. The van der Waals surface area contributed by atoms with Crippen LogP contribution in [0.15, 0.2) is 48.7 Å². The second kappa shape index (κ2) is 7.07. The summed E-state index contributed by atoms with van der Waals surface area (Å²) in [5, 5.41) is 0. The highest BCUT2D eigenvalue weighted by Crippen LogP contribution is 2.45. The monoisotopic (exact) mass is 377 g/mol. The van der Waals surface area contributed by atoms with Crippen molar-refractivity contribution >= 4 is 5.91 Å². The first-order valence-corrected chi connectivity index (χ1v) is 10.8. The maximum absolute atomic E-state index is 13.1. The van der Waals surface area contributed by atoms with E-state index in [1.807, 2.05) is 12.1 Å². The summed E-state index contributed by atoms with van der Waals surface area (Å²) < 4.78 is 2.20. The van der Waals surface area contributed by atoms with Crippen LogP contribution in [0.2, 0.25) is 0 Å². The van der Waals surface area contributed by atoms with Crippen molar-refractivity contribution in [3.63, 3.8) is 0 Å². The molecule has 3 aliphatic rings. The van der Waals surface area contributed by atoms with Crippen molar-refractivity contribution in [3.05, 3.63) is 59.9 Å². The van der Waals surface area contributed by atoms with Gasteiger partial charge in [0.05, 0.1) is 0 Å². The molecule has 1 atom stereocenters. The van der Waals surface area contributed by atoms with Crippen LogP contribution in [0.25, 0.3) is 0 Å². The van der Waals surface area contributed by atoms with Gasteiger partial charge in [0.25, 0.3) is 5.91 Å². The molecule has 28 heavy (non-hydrogen) atoms. The molecule has 5 rings (SSSR count). The van der Waals surface area contributed by atoms with Crippen molar-refractivity contribution in [1.82, 2.24) is 14.4 Å². The van der Waals surface area contributed by atoms with Gasteiger partial charge in [-0.05, 0) is 68.2 Å². The molecule has 2 saturated heterocycles. The third-order valence-electron chi connectivity index (χ3n) is 7.14. The van der Waals surface area contributed by atoms with Gasteiger partial charge in [-0.2, -0.15) is 0 Å². The smallest absolute Gasteiger partial charge is 0.270 e. The van der Waals surface area contributed by atoms with Crippen LogP contribution in [-0.4, -0.2) is 53.5 Å². The fourth-order valence-electron chi connectivity index (χ4n) is 5.57. The zero-order valence-electron chi connectivity index (χ0n) is 16.9. The fraction of sp³-hybridized carbons (Fsp3) is 0.542. The fourth-order valence-corrected chi connectivity index (χ4v) is 5.57. The number of benzene rings is 1. The van der Waals surface area contributed by atoms with Gasteiger partial charge >= 0.3 is 0 Å². The average molecular weight is 378 g/mol. The number of amides is 1. The molecule has 3 fully saturated rings. The maximum atomic E-state index is 13.1. The Kier molecular flexibility index (Phi) is 4.54. The number of carbonyl (C=O) groups excluding carboxylic acids is 1. The first-order chi connectivity index (χ1) is 13.6. The van der Waals surface area contributed by atoms with Crippen molar-refractivity contribution < 1.29 is 4.79 Å². The quantitative estimate of drug-likeness (QED) is 0.803. The highest BCUT2D eigenvalue weighted by molar-refractivity contribution is 5.93. The number of hydrogen-bond acceptors (Lipinski definition) is 2. The average Bonchev–Trinajstić information content (AvgIpc) is 3.44. The number of piperidine rings is 2. The van der Waals surface area contributed by atoms with Gasteiger partial charge in [0.2, 0.25) is 0 Å². The molecule has 1 unspecified atom stereocenters. The summed E-state index contributed by atoms with van der Waals surface area (Å²) in [6.45, 7) is 4.09. The molecular weight excluding hydrogens is 346 g/mol. The number of aromatic nitrogens is 1. The van der Waals surface area contributed by atoms with E-state index in [-0.39, 0.29) is 5.91 Å². The van der Waals surface area contributed by atoms with E-state index in [0.717, 1.165) is 44.7 Å². The van der Waals surface area contributed by atoms with Crippen molar-refractivity contribution in [2.45, 2.75) is 44.1 Å². The Bertz CT molecular complexity index is 831. The van der Waals surface area contributed by atoms with Crippen LogP contribution >= 0.6 is 0 Å². The Labute approximate surface area is 168 Å². The molecule has 0 N–H and O–H groups in total. The van der Waals surface area contributed by atoms with Crippen LogP contribution in [0.3, 0.4) is 0 Å². The van der Waals surface area contributed by atoms with Crippen molar-refractivity contribution in [1.29, 1.82) is 0 Å². The summed E-state index contributed by atoms with van der Waals surface area (Å²) in [5.41, 5.74) is 2.71. The van der Waals surface area contributed by atoms with Crippen LogP contribution in [0, 0.1) is 5.41 Å². The number of rotatable bonds is 3. The molecule has 1 aliphatic carbocycles. The second-order valence-corrected chi connectivity index (χ2v) is 9.33. The zero-order valence-corrected chi connectivity index (χ0v) is 16.9. The largest absolute Gasteiger partial charge is 0.340 e. The van der Waals surface area contributed by atoms with Crippen molar-refractivity contribution in [2.75, 3.05) is 33.2 Å². The Morgan fingerprint density at radius 3 is 2.50 bits per heavy atom. The van der Waals surface area contributed by atoms with Crippen LogP contribution in [0.1, 0.15) is 60.1 Å². The molecule has 4 nitrogen and oxygen atoms in total. The van der Waals surface area contributed by atoms with E-state index in [1.165, 1.54) is 24.8 Å². The molecule has 1 aromatic carbocycles. The molecule has 1 spiro atoms. The first-order valence-electron chi connectivity index (χ1n) is 10.8. The van der Waals surface area contributed by atoms with Crippen LogP contribution in [0.4, 0.5) is 0 Å². The second-order valence-electron chi connectivity index (χ2n) is 9.33. The zero-order chi connectivity index (χ0) is 19.1. The van der Waals surface area contributed by atoms with Crippen molar-refractivity contribution in [2.24, 2.45) is 5.41 Å². The lowest BCUT2D eigenvalue weighted by Gasteiger charge is -2.49. The molecular formula is C24H31N3O. The lowest BCUT2D eigenvalue weighted by molar-refractivity contribution is 0.0220. The predicted molar refractivity (Wildman–Crippen MR) is 112 cm³/mol.